The quantitative estimate of drug-likeness (QED) is 0.884. The SMILES string of the molecule is O=C(CN1CCN(C(=O)C2CCCO2)CC1)Nc1cc(F)ccc1F. The van der Waals surface area contributed by atoms with Crippen LogP contribution in [0.25, 0.3) is 0 Å². The average molecular weight is 353 g/mol. The van der Waals surface area contributed by atoms with Gasteiger partial charge in [-0.1, -0.05) is 0 Å². The van der Waals surface area contributed by atoms with Crippen LogP contribution in [-0.2, 0) is 14.3 Å². The zero-order chi connectivity index (χ0) is 17.8. The lowest BCUT2D eigenvalue weighted by Crippen LogP contribution is -2.52. The predicted octanol–water partition coefficient (Wildman–Crippen LogP) is 1.23. The van der Waals surface area contributed by atoms with E-state index in [4.69, 9.17) is 4.74 Å². The molecule has 0 aliphatic carbocycles. The molecule has 1 N–H and O–H groups in total. The Hall–Kier alpha value is -2.06. The maximum atomic E-state index is 13.5. The number of carbonyl (C=O) groups excluding carboxylic acids is 2. The van der Waals surface area contributed by atoms with Crippen molar-refractivity contribution in [2.45, 2.75) is 18.9 Å². The van der Waals surface area contributed by atoms with Crippen molar-refractivity contribution in [3.63, 3.8) is 0 Å². The van der Waals surface area contributed by atoms with Gasteiger partial charge in [0.15, 0.2) is 0 Å². The molecule has 8 heteroatoms. The summed E-state index contributed by atoms with van der Waals surface area (Å²) in [5.74, 6) is -1.69. The maximum Gasteiger partial charge on any atom is 0.251 e. The molecule has 136 valence electrons. The van der Waals surface area contributed by atoms with Gasteiger partial charge in [0.2, 0.25) is 5.91 Å². The highest BCUT2D eigenvalue weighted by atomic mass is 19.1. The van der Waals surface area contributed by atoms with Crippen molar-refractivity contribution in [1.29, 1.82) is 0 Å². The van der Waals surface area contributed by atoms with Crippen LogP contribution in [0.2, 0.25) is 0 Å². The molecule has 0 spiro atoms. The minimum absolute atomic E-state index is 0.0171. The van der Waals surface area contributed by atoms with Gasteiger partial charge in [0.05, 0.1) is 12.2 Å². The second-order valence-corrected chi connectivity index (χ2v) is 6.28. The van der Waals surface area contributed by atoms with E-state index in [1.54, 1.807) is 4.90 Å². The van der Waals surface area contributed by atoms with Crippen LogP contribution >= 0.6 is 0 Å². The molecule has 2 fully saturated rings. The molecule has 1 aromatic rings. The van der Waals surface area contributed by atoms with Crippen LogP contribution in [0.3, 0.4) is 0 Å². The number of benzene rings is 1. The minimum Gasteiger partial charge on any atom is -0.368 e. The molecule has 2 heterocycles. The molecule has 2 aliphatic heterocycles. The summed E-state index contributed by atoms with van der Waals surface area (Å²) < 4.78 is 32.1. The van der Waals surface area contributed by atoms with E-state index in [0.29, 0.717) is 32.8 Å². The third kappa shape index (κ3) is 4.52. The summed E-state index contributed by atoms with van der Waals surface area (Å²) in [6.45, 7) is 2.86. The van der Waals surface area contributed by atoms with Crippen molar-refractivity contribution in [2.24, 2.45) is 0 Å². The number of piperazine rings is 1. The standard InChI is InChI=1S/C17H21F2N3O3/c18-12-3-4-13(19)14(10-12)20-16(23)11-21-5-7-22(8-6-21)17(24)15-2-1-9-25-15/h3-4,10,15H,1-2,5-9,11H2,(H,20,23). The van der Waals surface area contributed by atoms with E-state index in [-0.39, 0.29) is 24.2 Å². The lowest BCUT2D eigenvalue weighted by molar-refractivity contribution is -0.142. The highest BCUT2D eigenvalue weighted by Crippen LogP contribution is 2.17. The first-order valence-electron chi connectivity index (χ1n) is 8.40. The van der Waals surface area contributed by atoms with Crippen molar-refractivity contribution >= 4 is 17.5 Å². The molecule has 2 saturated heterocycles. The van der Waals surface area contributed by atoms with Crippen molar-refractivity contribution in [3.05, 3.63) is 29.8 Å². The summed E-state index contributed by atoms with van der Waals surface area (Å²) in [7, 11) is 0. The molecule has 0 saturated carbocycles. The van der Waals surface area contributed by atoms with Crippen LogP contribution in [0.4, 0.5) is 14.5 Å². The highest BCUT2D eigenvalue weighted by molar-refractivity contribution is 5.92. The van der Waals surface area contributed by atoms with E-state index in [2.05, 4.69) is 5.32 Å². The van der Waals surface area contributed by atoms with Gasteiger partial charge < -0.3 is 15.0 Å². The first kappa shape index (κ1) is 17.8. The largest absolute Gasteiger partial charge is 0.368 e. The van der Waals surface area contributed by atoms with E-state index in [9.17, 15) is 18.4 Å². The Bertz CT molecular complexity index is 642. The van der Waals surface area contributed by atoms with Crippen LogP contribution in [0.15, 0.2) is 18.2 Å². The van der Waals surface area contributed by atoms with Gasteiger partial charge >= 0.3 is 0 Å². The number of hydrogen-bond acceptors (Lipinski definition) is 4. The average Bonchev–Trinajstić information content (AvgIpc) is 3.13. The first-order valence-corrected chi connectivity index (χ1v) is 8.40. The number of carbonyl (C=O) groups is 2. The Morgan fingerprint density at radius 2 is 1.96 bits per heavy atom. The number of hydrogen-bond donors (Lipinski definition) is 1. The van der Waals surface area contributed by atoms with Crippen molar-refractivity contribution < 1.29 is 23.1 Å². The molecule has 2 amide bonds. The molecule has 6 nitrogen and oxygen atoms in total. The van der Waals surface area contributed by atoms with Crippen LogP contribution in [-0.4, -0.2) is 67.0 Å². The van der Waals surface area contributed by atoms with Gasteiger partial charge in [0, 0.05) is 38.9 Å². The number of nitrogens with zero attached hydrogens (tertiary/aromatic N) is 2. The smallest absolute Gasteiger partial charge is 0.251 e. The Morgan fingerprint density at radius 1 is 1.20 bits per heavy atom. The van der Waals surface area contributed by atoms with E-state index in [1.807, 2.05) is 4.90 Å². The van der Waals surface area contributed by atoms with Gasteiger partial charge in [-0.25, -0.2) is 8.78 Å². The van der Waals surface area contributed by atoms with E-state index in [1.165, 1.54) is 0 Å². The zero-order valence-corrected chi connectivity index (χ0v) is 13.8. The second-order valence-electron chi connectivity index (χ2n) is 6.28. The molecule has 0 bridgehead atoms. The van der Waals surface area contributed by atoms with Gasteiger partial charge in [-0.05, 0) is 25.0 Å². The number of nitrogens with one attached hydrogen (secondary N) is 1. The zero-order valence-electron chi connectivity index (χ0n) is 13.8. The third-order valence-electron chi connectivity index (χ3n) is 4.46. The summed E-state index contributed by atoms with van der Waals surface area (Å²) >= 11 is 0. The number of rotatable bonds is 4. The third-order valence-corrected chi connectivity index (χ3v) is 4.46. The normalized spacial score (nSPS) is 21.4. The summed E-state index contributed by atoms with van der Waals surface area (Å²) in [6.07, 6.45) is 1.35. The monoisotopic (exact) mass is 353 g/mol. The molecule has 0 radical (unpaired) electrons. The topological polar surface area (TPSA) is 61.9 Å². The van der Waals surface area contributed by atoms with Gasteiger partial charge in [0.25, 0.3) is 5.91 Å². The highest BCUT2D eigenvalue weighted by Gasteiger charge is 2.30. The molecule has 2 aliphatic rings. The lowest BCUT2D eigenvalue weighted by atomic mass is 10.2. The van der Waals surface area contributed by atoms with E-state index < -0.39 is 17.5 Å². The molecule has 0 aromatic heterocycles. The van der Waals surface area contributed by atoms with Gasteiger partial charge in [-0.15, -0.1) is 0 Å². The van der Waals surface area contributed by atoms with Crippen molar-refractivity contribution in [2.75, 3.05) is 44.6 Å². The van der Waals surface area contributed by atoms with Crippen LogP contribution < -0.4 is 5.32 Å². The molecular formula is C17H21F2N3O3. The number of halogens is 2. The molecule has 1 atom stereocenters. The van der Waals surface area contributed by atoms with Gasteiger partial charge in [-0.2, -0.15) is 0 Å². The Labute approximate surface area is 144 Å². The number of ether oxygens (including phenoxy) is 1. The number of amides is 2. The predicted molar refractivity (Wildman–Crippen MR) is 87.0 cm³/mol. The van der Waals surface area contributed by atoms with Crippen LogP contribution in [0.5, 0.6) is 0 Å². The number of anilines is 1. The maximum absolute atomic E-state index is 13.5. The van der Waals surface area contributed by atoms with Gasteiger partial charge in [-0.3, -0.25) is 14.5 Å². The molecule has 3 rings (SSSR count). The fourth-order valence-corrected chi connectivity index (χ4v) is 3.09. The second kappa shape index (κ2) is 7.88. The molecular weight excluding hydrogens is 332 g/mol. The van der Waals surface area contributed by atoms with E-state index in [0.717, 1.165) is 31.0 Å². The summed E-state index contributed by atoms with van der Waals surface area (Å²) in [5.41, 5.74) is -0.169. The first-order chi connectivity index (χ1) is 12.0. The summed E-state index contributed by atoms with van der Waals surface area (Å²) in [4.78, 5) is 27.9. The molecule has 1 unspecified atom stereocenters. The lowest BCUT2D eigenvalue weighted by Gasteiger charge is -2.35. The van der Waals surface area contributed by atoms with Gasteiger partial charge in [0.1, 0.15) is 17.7 Å². The van der Waals surface area contributed by atoms with Crippen molar-refractivity contribution in [1.82, 2.24) is 9.80 Å². The van der Waals surface area contributed by atoms with Crippen LogP contribution in [0, 0.1) is 11.6 Å². The Kier molecular flexibility index (Phi) is 5.60. The summed E-state index contributed by atoms with van der Waals surface area (Å²) in [5, 5.41) is 2.38. The van der Waals surface area contributed by atoms with Crippen molar-refractivity contribution in [3.8, 4) is 0 Å². The molecule has 25 heavy (non-hydrogen) atoms. The fraction of sp³-hybridized carbons (Fsp3) is 0.529. The Morgan fingerprint density at radius 3 is 2.64 bits per heavy atom. The minimum atomic E-state index is -0.679. The van der Waals surface area contributed by atoms with Crippen LogP contribution in [0.1, 0.15) is 12.8 Å². The summed E-state index contributed by atoms with van der Waals surface area (Å²) in [6, 6.07) is 2.92. The molecule has 1 aromatic carbocycles. The Balaban J connectivity index is 1.46. The van der Waals surface area contributed by atoms with E-state index >= 15 is 0 Å². The fourth-order valence-electron chi connectivity index (χ4n) is 3.09.